The average Bonchev–Trinajstić information content (AvgIpc) is 2.96. The number of anilines is 1. The summed E-state index contributed by atoms with van der Waals surface area (Å²) in [6.07, 6.45) is 2.94. The maximum atomic E-state index is 12.4. The molecule has 0 saturated heterocycles. The van der Waals surface area contributed by atoms with E-state index in [4.69, 9.17) is 9.47 Å². The zero-order valence-corrected chi connectivity index (χ0v) is 18.3. The lowest BCUT2D eigenvalue weighted by Gasteiger charge is -2.06. The number of carbonyl (C=O) groups excluding carboxylic acids is 3. The first kappa shape index (κ1) is 21.8. The van der Waals surface area contributed by atoms with Crippen LogP contribution in [-0.2, 0) is 9.53 Å². The zero-order valence-electron chi connectivity index (χ0n) is 15.9. The molecule has 8 heteroatoms. The fourth-order valence-corrected chi connectivity index (χ4v) is 4.01. The van der Waals surface area contributed by atoms with Gasteiger partial charge in [0.2, 0.25) is 5.91 Å². The van der Waals surface area contributed by atoms with E-state index in [0.717, 1.165) is 15.8 Å². The monoisotopic (exact) mass is 465 g/mol. The number of Topliss-reactive ketones (excluding diaryl/α,β-unsaturated/α-hetero) is 1. The molecule has 2 aromatic rings. The molecular formula is C20H20BrNO5S. The highest BCUT2D eigenvalue weighted by molar-refractivity contribution is 9.10. The van der Waals surface area contributed by atoms with E-state index in [1.54, 1.807) is 33.1 Å². The molecule has 1 amide bonds. The molecule has 0 aliphatic heterocycles. The molecule has 0 unspecified atom stereocenters. The molecule has 0 spiro atoms. The molecular weight excluding hydrogens is 446 g/mol. The number of halogens is 1. The van der Waals surface area contributed by atoms with E-state index < -0.39 is 11.9 Å². The Morgan fingerprint density at radius 2 is 2.00 bits per heavy atom. The molecule has 0 saturated carbocycles. The molecule has 0 radical (unpaired) electrons. The Balaban J connectivity index is 2.31. The zero-order chi connectivity index (χ0) is 20.8. The van der Waals surface area contributed by atoms with E-state index in [1.165, 1.54) is 13.0 Å². The highest BCUT2D eigenvalue weighted by atomic mass is 79.9. The molecule has 0 aliphatic rings. The lowest BCUT2D eigenvalue weighted by molar-refractivity contribution is -0.111. The maximum Gasteiger partial charge on any atom is 0.341 e. The van der Waals surface area contributed by atoms with Crippen molar-refractivity contribution >= 4 is 56.0 Å². The first-order chi connectivity index (χ1) is 13.3. The van der Waals surface area contributed by atoms with Crippen molar-refractivity contribution in [3.05, 3.63) is 50.3 Å². The van der Waals surface area contributed by atoms with Gasteiger partial charge >= 0.3 is 5.97 Å². The van der Waals surface area contributed by atoms with Crippen LogP contribution in [0, 0.1) is 6.92 Å². The molecule has 0 atom stereocenters. The third kappa shape index (κ3) is 5.08. The molecule has 0 bridgehead atoms. The second-order valence-corrected chi connectivity index (χ2v) is 7.68. The molecule has 148 valence electrons. The number of hydrogen-bond acceptors (Lipinski definition) is 6. The molecule has 6 nitrogen and oxygen atoms in total. The molecule has 2 rings (SSSR count). The summed E-state index contributed by atoms with van der Waals surface area (Å²) < 4.78 is 11.2. The van der Waals surface area contributed by atoms with Crippen LogP contribution in [0.1, 0.15) is 45.0 Å². The molecule has 1 aromatic heterocycles. The van der Waals surface area contributed by atoms with Gasteiger partial charge in [-0.15, -0.1) is 11.3 Å². The lowest BCUT2D eigenvalue weighted by atomic mass is 10.1. The van der Waals surface area contributed by atoms with Gasteiger partial charge in [-0.2, -0.15) is 0 Å². The fourth-order valence-electron chi connectivity index (χ4n) is 2.54. The number of hydrogen-bond donors (Lipinski definition) is 1. The highest BCUT2D eigenvalue weighted by Gasteiger charge is 2.24. The minimum absolute atomic E-state index is 0.178. The number of benzene rings is 1. The van der Waals surface area contributed by atoms with Crippen molar-refractivity contribution < 1.29 is 23.9 Å². The van der Waals surface area contributed by atoms with E-state index >= 15 is 0 Å². The number of amides is 1. The lowest BCUT2D eigenvalue weighted by Crippen LogP contribution is -2.12. The van der Waals surface area contributed by atoms with Gasteiger partial charge in [-0.1, -0.05) is 15.9 Å². The molecule has 0 aliphatic carbocycles. The summed E-state index contributed by atoms with van der Waals surface area (Å²) in [6, 6.07) is 5.43. The largest absolute Gasteiger partial charge is 0.496 e. The number of methoxy groups -OCH3 is 1. The molecule has 0 fully saturated rings. The van der Waals surface area contributed by atoms with E-state index in [2.05, 4.69) is 21.2 Å². The smallest absolute Gasteiger partial charge is 0.341 e. The Kier molecular flexibility index (Phi) is 7.53. The summed E-state index contributed by atoms with van der Waals surface area (Å²) in [6.45, 7) is 4.97. The van der Waals surface area contributed by atoms with Gasteiger partial charge in [0.25, 0.3) is 0 Å². The van der Waals surface area contributed by atoms with E-state index in [9.17, 15) is 14.4 Å². The average molecular weight is 466 g/mol. The van der Waals surface area contributed by atoms with Crippen LogP contribution in [0.15, 0.2) is 28.7 Å². The van der Waals surface area contributed by atoms with Crippen LogP contribution < -0.4 is 10.1 Å². The Hall–Kier alpha value is -2.45. The maximum absolute atomic E-state index is 12.4. The number of ether oxygens (including phenoxy) is 2. The van der Waals surface area contributed by atoms with E-state index in [1.807, 2.05) is 12.1 Å². The van der Waals surface area contributed by atoms with Crippen molar-refractivity contribution in [2.45, 2.75) is 20.8 Å². The van der Waals surface area contributed by atoms with Gasteiger partial charge in [-0.25, -0.2) is 4.79 Å². The first-order valence-electron chi connectivity index (χ1n) is 8.42. The Labute approximate surface area is 175 Å². The predicted octanol–water partition coefficient (Wildman–Crippen LogP) is 4.86. The van der Waals surface area contributed by atoms with Crippen LogP contribution in [0.2, 0.25) is 0 Å². The first-order valence-corrected chi connectivity index (χ1v) is 10.0. The van der Waals surface area contributed by atoms with Crippen molar-refractivity contribution in [2.75, 3.05) is 19.0 Å². The van der Waals surface area contributed by atoms with E-state index in [0.29, 0.717) is 21.8 Å². The van der Waals surface area contributed by atoms with Crippen LogP contribution >= 0.6 is 27.3 Å². The van der Waals surface area contributed by atoms with Crippen LogP contribution in [0.5, 0.6) is 5.75 Å². The number of esters is 1. The number of thiophene rings is 1. The molecule has 28 heavy (non-hydrogen) atoms. The van der Waals surface area contributed by atoms with Crippen molar-refractivity contribution in [3.8, 4) is 5.75 Å². The van der Waals surface area contributed by atoms with Crippen molar-refractivity contribution in [1.29, 1.82) is 0 Å². The summed E-state index contributed by atoms with van der Waals surface area (Å²) in [4.78, 5) is 36.9. The quantitative estimate of drug-likeness (QED) is 0.358. The van der Waals surface area contributed by atoms with Gasteiger partial charge in [0.15, 0.2) is 5.78 Å². The minimum Gasteiger partial charge on any atom is -0.496 e. The third-order valence-corrected chi connectivity index (χ3v) is 5.59. The SMILES string of the molecule is CCOC(=O)c1c(NC(=O)/C=C/c2cc(Br)ccc2OC)sc(C(C)=O)c1C. The molecule has 1 heterocycles. The summed E-state index contributed by atoms with van der Waals surface area (Å²) in [5.74, 6) is -0.575. The Morgan fingerprint density at radius 3 is 2.61 bits per heavy atom. The van der Waals surface area contributed by atoms with Gasteiger partial charge in [0.05, 0.1) is 24.2 Å². The number of rotatable bonds is 7. The molecule has 1 aromatic carbocycles. The van der Waals surface area contributed by atoms with Crippen LogP contribution in [-0.4, -0.2) is 31.4 Å². The Bertz CT molecular complexity index is 948. The minimum atomic E-state index is -0.573. The van der Waals surface area contributed by atoms with Gasteiger partial charge in [0, 0.05) is 16.1 Å². The number of ketones is 1. The fraction of sp³-hybridized carbons (Fsp3) is 0.250. The van der Waals surface area contributed by atoms with Gasteiger partial charge in [0.1, 0.15) is 10.8 Å². The van der Waals surface area contributed by atoms with E-state index in [-0.39, 0.29) is 23.0 Å². The predicted molar refractivity (Wildman–Crippen MR) is 113 cm³/mol. The van der Waals surface area contributed by atoms with Crippen molar-refractivity contribution in [1.82, 2.24) is 0 Å². The number of nitrogens with one attached hydrogen (secondary N) is 1. The molecule has 1 N–H and O–H groups in total. The van der Waals surface area contributed by atoms with Crippen LogP contribution in [0.3, 0.4) is 0 Å². The van der Waals surface area contributed by atoms with Crippen LogP contribution in [0.4, 0.5) is 5.00 Å². The van der Waals surface area contributed by atoms with Crippen molar-refractivity contribution in [3.63, 3.8) is 0 Å². The highest BCUT2D eigenvalue weighted by Crippen LogP contribution is 2.34. The third-order valence-electron chi connectivity index (χ3n) is 3.79. The topological polar surface area (TPSA) is 81.7 Å². The summed E-state index contributed by atoms with van der Waals surface area (Å²) in [5.41, 5.74) is 1.42. The summed E-state index contributed by atoms with van der Waals surface area (Å²) in [7, 11) is 1.55. The second kappa shape index (κ2) is 9.66. The summed E-state index contributed by atoms with van der Waals surface area (Å²) in [5, 5.41) is 2.96. The normalized spacial score (nSPS) is 10.8. The number of carbonyl (C=O) groups is 3. The second-order valence-electron chi connectivity index (χ2n) is 5.75. The van der Waals surface area contributed by atoms with Crippen molar-refractivity contribution in [2.24, 2.45) is 0 Å². The van der Waals surface area contributed by atoms with Gasteiger partial charge in [-0.05, 0) is 50.6 Å². The van der Waals surface area contributed by atoms with Gasteiger partial charge in [-0.3, -0.25) is 9.59 Å². The summed E-state index contributed by atoms with van der Waals surface area (Å²) >= 11 is 4.44. The van der Waals surface area contributed by atoms with Gasteiger partial charge < -0.3 is 14.8 Å². The van der Waals surface area contributed by atoms with Crippen LogP contribution in [0.25, 0.3) is 6.08 Å². The Morgan fingerprint density at radius 1 is 1.29 bits per heavy atom. The standard InChI is InChI=1S/C20H20BrNO5S/c1-5-27-20(25)17-11(2)18(12(3)23)28-19(17)22-16(24)9-6-13-10-14(21)7-8-15(13)26-4/h6-10H,5H2,1-4H3,(H,22,24)/b9-6+.